The molecule has 0 unspecified atom stereocenters. The maximum Gasteiger partial charge on any atom is 0.220 e. The third-order valence-electron chi connectivity index (χ3n) is 4.86. The summed E-state index contributed by atoms with van der Waals surface area (Å²) in [6, 6.07) is 13.1. The Morgan fingerprint density at radius 3 is 2.42 bits per heavy atom. The average molecular weight is 428 g/mol. The summed E-state index contributed by atoms with van der Waals surface area (Å²) < 4.78 is 21.9. The number of hydrogen-bond acceptors (Lipinski definition) is 6. The van der Waals surface area contributed by atoms with Crippen molar-refractivity contribution in [1.29, 1.82) is 0 Å². The van der Waals surface area contributed by atoms with Gasteiger partial charge in [-0.3, -0.25) is 9.59 Å². The number of para-hydroxylation sites is 2. The lowest BCUT2D eigenvalue weighted by Gasteiger charge is -2.26. The van der Waals surface area contributed by atoms with Crippen molar-refractivity contribution >= 4 is 11.8 Å². The van der Waals surface area contributed by atoms with Gasteiger partial charge in [-0.25, -0.2) is 0 Å². The van der Waals surface area contributed by atoms with Crippen LogP contribution >= 0.6 is 0 Å². The molecule has 0 spiro atoms. The Hall–Kier alpha value is -3.42. The number of nitrogens with one attached hydrogen (secondary N) is 2. The molecule has 166 valence electrons. The fraction of sp³-hybridized carbons (Fsp3) is 0.391. The summed E-state index contributed by atoms with van der Waals surface area (Å²) in [6.45, 7) is 1.17. The summed E-state index contributed by atoms with van der Waals surface area (Å²) in [5, 5.41) is 5.63. The van der Waals surface area contributed by atoms with Crippen molar-refractivity contribution in [2.75, 3.05) is 33.9 Å². The van der Waals surface area contributed by atoms with Gasteiger partial charge in [-0.05, 0) is 36.2 Å². The minimum absolute atomic E-state index is 0.117. The van der Waals surface area contributed by atoms with E-state index in [2.05, 4.69) is 10.6 Å². The summed E-state index contributed by atoms with van der Waals surface area (Å²) in [5.41, 5.74) is 1.02. The molecule has 3 rings (SSSR count). The standard InChI is InChI=1S/C23H28N2O6/c1-28-18-8-7-16(13-21(18)29-2)11-12-24-22(26)9-10-23(27)25-14-17-15-30-19-5-3-4-6-20(19)31-17/h3-8,13,17H,9-12,14-15H2,1-2H3,(H,24,26)(H,25,27)/t17-/m1/s1. The predicted molar refractivity (Wildman–Crippen MR) is 115 cm³/mol. The lowest BCUT2D eigenvalue weighted by atomic mass is 10.1. The number of methoxy groups -OCH3 is 2. The maximum absolute atomic E-state index is 12.0. The number of benzene rings is 2. The van der Waals surface area contributed by atoms with Crippen LogP contribution in [-0.2, 0) is 16.0 Å². The molecule has 0 aliphatic carbocycles. The number of carbonyl (C=O) groups excluding carboxylic acids is 2. The first-order chi connectivity index (χ1) is 15.1. The van der Waals surface area contributed by atoms with Crippen molar-refractivity contribution in [2.24, 2.45) is 0 Å². The summed E-state index contributed by atoms with van der Waals surface area (Å²) >= 11 is 0. The van der Waals surface area contributed by atoms with Gasteiger partial charge in [-0.15, -0.1) is 0 Å². The van der Waals surface area contributed by atoms with Gasteiger partial charge >= 0.3 is 0 Å². The number of hydrogen-bond donors (Lipinski definition) is 2. The Morgan fingerprint density at radius 2 is 1.68 bits per heavy atom. The highest BCUT2D eigenvalue weighted by molar-refractivity contribution is 5.83. The number of rotatable bonds is 10. The second kappa shape index (κ2) is 11.1. The fourth-order valence-electron chi connectivity index (χ4n) is 3.18. The summed E-state index contributed by atoms with van der Waals surface area (Å²) in [7, 11) is 3.17. The first-order valence-electron chi connectivity index (χ1n) is 10.2. The van der Waals surface area contributed by atoms with E-state index in [1.165, 1.54) is 0 Å². The van der Waals surface area contributed by atoms with E-state index in [4.69, 9.17) is 18.9 Å². The van der Waals surface area contributed by atoms with Crippen LogP contribution < -0.4 is 29.6 Å². The van der Waals surface area contributed by atoms with Gasteiger partial charge < -0.3 is 29.6 Å². The van der Waals surface area contributed by atoms with Gasteiger partial charge in [0.25, 0.3) is 0 Å². The van der Waals surface area contributed by atoms with Gasteiger partial charge in [-0.1, -0.05) is 18.2 Å². The second-order valence-corrected chi connectivity index (χ2v) is 7.09. The minimum Gasteiger partial charge on any atom is -0.493 e. The third kappa shape index (κ3) is 6.53. The van der Waals surface area contributed by atoms with E-state index in [1.807, 2.05) is 42.5 Å². The van der Waals surface area contributed by atoms with Crippen LogP contribution in [0, 0.1) is 0 Å². The van der Waals surface area contributed by atoms with E-state index in [0.29, 0.717) is 49.1 Å². The Bertz CT molecular complexity index is 901. The van der Waals surface area contributed by atoms with E-state index in [0.717, 1.165) is 5.56 Å². The molecule has 0 saturated heterocycles. The lowest BCUT2D eigenvalue weighted by Crippen LogP contribution is -2.41. The molecule has 2 aromatic carbocycles. The zero-order valence-electron chi connectivity index (χ0n) is 17.8. The molecule has 0 aromatic heterocycles. The molecule has 8 heteroatoms. The molecule has 2 aromatic rings. The maximum atomic E-state index is 12.0. The highest BCUT2D eigenvalue weighted by Crippen LogP contribution is 2.30. The Morgan fingerprint density at radius 1 is 0.968 bits per heavy atom. The number of carbonyl (C=O) groups is 2. The van der Waals surface area contributed by atoms with Crippen LogP contribution in [0.4, 0.5) is 0 Å². The van der Waals surface area contributed by atoms with Crippen LogP contribution in [0.1, 0.15) is 18.4 Å². The third-order valence-corrected chi connectivity index (χ3v) is 4.86. The van der Waals surface area contributed by atoms with Crippen LogP contribution in [0.15, 0.2) is 42.5 Å². The SMILES string of the molecule is COc1ccc(CCNC(=O)CCC(=O)NC[C@@H]2COc3ccccc3O2)cc1OC. The smallest absolute Gasteiger partial charge is 0.220 e. The zero-order chi connectivity index (χ0) is 22.1. The van der Waals surface area contributed by atoms with E-state index >= 15 is 0 Å². The molecule has 31 heavy (non-hydrogen) atoms. The van der Waals surface area contributed by atoms with Crippen molar-refractivity contribution in [3.63, 3.8) is 0 Å². The van der Waals surface area contributed by atoms with Crippen molar-refractivity contribution in [3.05, 3.63) is 48.0 Å². The van der Waals surface area contributed by atoms with Gasteiger partial charge in [0.15, 0.2) is 23.0 Å². The van der Waals surface area contributed by atoms with Crippen LogP contribution in [0.2, 0.25) is 0 Å². The summed E-state index contributed by atoms with van der Waals surface area (Å²) in [4.78, 5) is 24.1. The Kier molecular flexibility index (Phi) is 7.98. The van der Waals surface area contributed by atoms with E-state index in [1.54, 1.807) is 14.2 Å². The summed E-state index contributed by atoms with van der Waals surface area (Å²) in [5.74, 6) is 2.32. The number of amides is 2. The zero-order valence-corrected chi connectivity index (χ0v) is 17.8. The molecule has 0 bridgehead atoms. The van der Waals surface area contributed by atoms with Crippen molar-refractivity contribution in [2.45, 2.75) is 25.4 Å². The van der Waals surface area contributed by atoms with Gasteiger partial charge in [0.2, 0.25) is 11.8 Å². The number of ether oxygens (including phenoxy) is 4. The highest BCUT2D eigenvalue weighted by atomic mass is 16.6. The van der Waals surface area contributed by atoms with Gasteiger partial charge in [0.1, 0.15) is 12.7 Å². The number of fused-ring (bicyclic) bond motifs is 1. The molecule has 1 atom stereocenters. The topological polar surface area (TPSA) is 95.1 Å². The molecule has 1 heterocycles. The average Bonchev–Trinajstić information content (AvgIpc) is 2.81. The Balaban J connectivity index is 1.31. The first kappa shape index (κ1) is 22.3. The van der Waals surface area contributed by atoms with E-state index < -0.39 is 0 Å². The molecule has 0 fully saturated rings. The molecule has 1 aliphatic rings. The van der Waals surface area contributed by atoms with Gasteiger partial charge in [0, 0.05) is 19.4 Å². The molecular formula is C23H28N2O6. The minimum atomic E-state index is -0.255. The van der Waals surface area contributed by atoms with Gasteiger partial charge in [-0.2, -0.15) is 0 Å². The van der Waals surface area contributed by atoms with Crippen molar-refractivity contribution < 1.29 is 28.5 Å². The first-order valence-corrected chi connectivity index (χ1v) is 10.2. The highest BCUT2D eigenvalue weighted by Gasteiger charge is 2.21. The molecule has 1 aliphatic heterocycles. The molecule has 2 amide bonds. The Labute approximate surface area is 181 Å². The van der Waals surface area contributed by atoms with Crippen LogP contribution in [-0.4, -0.2) is 51.8 Å². The van der Waals surface area contributed by atoms with Crippen LogP contribution in [0.5, 0.6) is 23.0 Å². The van der Waals surface area contributed by atoms with Gasteiger partial charge in [0.05, 0.1) is 20.8 Å². The molecular weight excluding hydrogens is 400 g/mol. The molecule has 0 saturated carbocycles. The second-order valence-electron chi connectivity index (χ2n) is 7.09. The summed E-state index contributed by atoms with van der Waals surface area (Å²) in [6.07, 6.45) is 0.641. The van der Waals surface area contributed by atoms with E-state index in [-0.39, 0.29) is 30.8 Å². The quantitative estimate of drug-likeness (QED) is 0.602. The monoisotopic (exact) mass is 428 g/mol. The van der Waals surface area contributed by atoms with Crippen molar-refractivity contribution in [3.8, 4) is 23.0 Å². The van der Waals surface area contributed by atoms with E-state index in [9.17, 15) is 9.59 Å². The van der Waals surface area contributed by atoms with Crippen LogP contribution in [0.3, 0.4) is 0 Å². The fourth-order valence-corrected chi connectivity index (χ4v) is 3.18. The molecule has 2 N–H and O–H groups in total. The molecule has 8 nitrogen and oxygen atoms in total. The molecule has 0 radical (unpaired) electrons. The normalized spacial score (nSPS) is 14.5. The largest absolute Gasteiger partial charge is 0.493 e. The lowest BCUT2D eigenvalue weighted by molar-refractivity contribution is -0.126. The van der Waals surface area contributed by atoms with Crippen molar-refractivity contribution in [1.82, 2.24) is 10.6 Å². The van der Waals surface area contributed by atoms with Crippen LogP contribution in [0.25, 0.3) is 0 Å². The predicted octanol–water partition coefficient (Wildman–Crippen LogP) is 2.10.